The predicted molar refractivity (Wildman–Crippen MR) is 410 cm³/mol. The molecule has 4 heterocycles. The van der Waals surface area contributed by atoms with Crippen molar-refractivity contribution in [3.8, 4) is 0 Å². The average Bonchev–Trinajstić information content (AvgIpc) is 1.67. The lowest BCUT2D eigenvalue weighted by atomic mass is 10.0. The number of esters is 2. The Labute approximate surface area is 649 Å². The fourth-order valence-electron chi connectivity index (χ4n) is 10.0. The number of hydrogen-bond donors (Lipinski definition) is 11. The summed E-state index contributed by atoms with van der Waals surface area (Å²) in [7, 11) is 0. The number of ether oxygens (including phenoxy) is 2. The Hall–Kier alpha value is -12.6. The van der Waals surface area contributed by atoms with E-state index in [1.165, 1.54) is 37.8 Å². The topological polar surface area (TPSA) is 527 Å². The molecule has 596 valence electrons. The number of amides is 7. The highest BCUT2D eigenvalue weighted by atomic mass is 35.5. The molecule has 17 N–H and O–H groups in total. The Kier molecular flexibility index (Phi) is 32.7. The van der Waals surface area contributed by atoms with Crippen LogP contribution in [0.1, 0.15) is 129 Å². The number of nitrogens with two attached hydrogens (primary N) is 6. The summed E-state index contributed by atoms with van der Waals surface area (Å²) in [6.45, 7) is 16.1. The lowest BCUT2D eigenvalue weighted by molar-refractivity contribution is -0.158. The van der Waals surface area contributed by atoms with E-state index in [2.05, 4.69) is 36.3 Å². The van der Waals surface area contributed by atoms with Crippen molar-refractivity contribution in [3.05, 3.63) is 189 Å². The molecule has 0 bridgehead atoms. The minimum Gasteiger partial charge on any atom is -0.480 e. The number of carbonyl (C=O) groups excluding carboxylic acids is 10. The third-order valence-corrected chi connectivity index (χ3v) is 15.8. The minimum atomic E-state index is -1.13. The standard InChI is InChI=1S/C21H20ClFN4O3.C17H22N4O4.C13H14N4O4.C10H9N3O3.C7H7ClFN.C7H15NO2/c1-12(17(28)10-9-13-5-4-7-15(22)19(13)23)25-18(29)11-27-16-8-3-2-6-14(16)20(26-27)21(24)30;1-10(16(24)25-17(2,3)4)19-13(22)9-21-12-8-6-5-7-11(12)14(20-21)15(18)23;1-7(13(20)21)15-10(18)6-17-9-5-3-2-4-8(9)11(16-17)12(14)19;11-10(16)9-6-3-1-2-4-7(6)13(12-9)5-8(14)15;8-6-3-1-2-5(4-10)7(6)9;1-5(8)6(9)10-7(2,3)4/h2-8,12H,9-11H2,1H3,(H2,24,30)(H,25,29);5-8,10H,9H2,1-4H3,(H2,18,23)(H,19,22);2-5,7H,6H2,1H3,(H2,14,19)(H,15,18)(H,20,21);1-4H,5H2,(H2,11,16)(H,14,15);1-3H,4,10H2;5H,8H2,1-4H3/t12-;10-;7-;;;5-/m000..0/s1. The monoisotopic (exact) mass is 1590 g/mol. The second-order valence-electron chi connectivity index (χ2n) is 26.6. The maximum Gasteiger partial charge on any atom is 0.328 e. The number of hydrogen-bond acceptors (Lipinski definition) is 20. The van der Waals surface area contributed by atoms with E-state index in [-0.39, 0.29) is 90.1 Å². The zero-order chi connectivity index (χ0) is 83.8. The van der Waals surface area contributed by atoms with Crippen LogP contribution in [0.15, 0.2) is 133 Å². The maximum atomic E-state index is 13.9. The number of benzene rings is 6. The number of aromatic nitrogens is 8. The van der Waals surface area contributed by atoms with E-state index in [4.69, 9.17) is 77.3 Å². The number of primary amides is 4. The van der Waals surface area contributed by atoms with E-state index in [9.17, 15) is 66.3 Å². The van der Waals surface area contributed by atoms with E-state index in [1.54, 1.807) is 163 Å². The number of nitrogens with one attached hydrogen (secondary N) is 3. The predicted octanol–water partition coefficient (Wildman–Crippen LogP) is 6.17. The van der Waals surface area contributed by atoms with Gasteiger partial charge in [-0.1, -0.05) is 120 Å². The number of carboxylic acid groups (broad SMARTS) is 2. The molecule has 0 unspecified atom stereocenters. The van der Waals surface area contributed by atoms with Gasteiger partial charge in [0, 0.05) is 40.1 Å². The summed E-state index contributed by atoms with van der Waals surface area (Å²) in [5.74, 6) is -8.35. The molecule has 0 fully saturated rings. The molecule has 4 aromatic heterocycles. The number of carbonyl (C=O) groups is 12. The molecule has 6 aromatic carbocycles. The van der Waals surface area contributed by atoms with Gasteiger partial charge in [0.25, 0.3) is 23.6 Å². The molecular weight excluding hydrogens is 1500 g/mol. The van der Waals surface area contributed by atoms with Gasteiger partial charge in [-0.3, -0.25) is 71.5 Å². The van der Waals surface area contributed by atoms with Gasteiger partial charge in [-0.2, -0.15) is 20.4 Å². The molecule has 7 amide bonds. The fourth-order valence-corrected chi connectivity index (χ4v) is 10.4. The van der Waals surface area contributed by atoms with Gasteiger partial charge in [0.15, 0.2) is 28.6 Å². The highest BCUT2D eigenvalue weighted by Crippen LogP contribution is 2.24. The van der Waals surface area contributed by atoms with Crippen molar-refractivity contribution in [1.82, 2.24) is 55.1 Å². The van der Waals surface area contributed by atoms with Crippen LogP contribution in [0.25, 0.3) is 43.6 Å². The second kappa shape index (κ2) is 40.7. The van der Waals surface area contributed by atoms with Crippen LogP contribution in [0.2, 0.25) is 10.0 Å². The summed E-state index contributed by atoms with van der Waals surface area (Å²) in [5, 5.41) is 43.4. The first-order valence-corrected chi connectivity index (χ1v) is 34.8. The summed E-state index contributed by atoms with van der Waals surface area (Å²) in [6.07, 6.45) is 0.229. The van der Waals surface area contributed by atoms with Crippen LogP contribution in [0.5, 0.6) is 0 Å². The van der Waals surface area contributed by atoms with E-state index in [0.29, 0.717) is 54.7 Å². The zero-order valence-electron chi connectivity index (χ0n) is 62.6. The summed E-state index contributed by atoms with van der Waals surface area (Å²) in [5.41, 5.74) is 34.0. The molecule has 0 saturated heterocycles. The molecule has 10 aromatic rings. The molecular formula is C75H87Cl2F2N17O16. The minimum absolute atomic E-state index is 0.00285. The van der Waals surface area contributed by atoms with Crippen LogP contribution in [-0.4, -0.2) is 156 Å². The number of aryl methyl sites for hydroxylation is 1. The normalized spacial score (nSPS) is 12.0. The van der Waals surface area contributed by atoms with E-state index in [1.807, 2.05) is 20.8 Å². The number of rotatable bonds is 23. The maximum absolute atomic E-state index is 13.9. The highest BCUT2D eigenvalue weighted by Gasteiger charge is 2.27. The van der Waals surface area contributed by atoms with Gasteiger partial charge in [0.05, 0.1) is 38.2 Å². The van der Waals surface area contributed by atoms with Gasteiger partial charge < -0.3 is 70.0 Å². The largest absolute Gasteiger partial charge is 0.480 e. The van der Waals surface area contributed by atoms with Crippen molar-refractivity contribution in [2.45, 2.75) is 150 Å². The molecule has 10 rings (SSSR count). The molecule has 0 aliphatic heterocycles. The first-order valence-electron chi connectivity index (χ1n) is 34.1. The Morgan fingerprint density at radius 2 is 0.750 bits per heavy atom. The first-order chi connectivity index (χ1) is 52.4. The smallest absolute Gasteiger partial charge is 0.328 e. The van der Waals surface area contributed by atoms with Crippen molar-refractivity contribution >= 4 is 138 Å². The van der Waals surface area contributed by atoms with Crippen LogP contribution < -0.4 is 50.4 Å². The molecule has 0 saturated carbocycles. The van der Waals surface area contributed by atoms with Gasteiger partial charge in [-0.15, -0.1) is 0 Å². The van der Waals surface area contributed by atoms with Crippen LogP contribution in [0, 0.1) is 11.6 Å². The number of ketones is 1. The third-order valence-electron chi connectivity index (χ3n) is 15.2. The van der Waals surface area contributed by atoms with Crippen LogP contribution in [0.4, 0.5) is 8.78 Å². The highest BCUT2D eigenvalue weighted by molar-refractivity contribution is 6.31. The van der Waals surface area contributed by atoms with Crippen molar-refractivity contribution in [3.63, 3.8) is 0 Å². The third kappa shape index (κ3) is 26.6. The summed E-state index contributed by atoms with van der Waals surface area (Å²) in [4.78, 5) is 138. The van der Waals surface area contributed by atoms with Gasteiger partial charge >= 0.3 is 23.9 Å². The van der Waals surface area contributed by atoms with Crippen molar-refractivity contribution in [1.29, 1.82) is 0 Å². The van der Waals surface area contributed by atoms with E-state index < -0.39 is 106 Å². The molecule has 112 heavy (non-hydrogen) atoms. The second-order valence-corrected chi connectivity index (χ2v) is 27.4. The summed E-state index contributed by atoms with van der Waals surface area (Å²) in [6, 6.07) is 33.9. The number of aliphatic carboxylic acids is 2. The number of Topliss-reactive ketones (excluding diaryl/α,β-unsaturated/α-hetero) is 1. The lowest BCUT2D eigenvalue weighted by Gasteiger charge is -2.22. The summed E-state index contributed by atoms with van der Waals surface area (Å²) >= 11 is 11.2. The number of para-hydroxylation sites is 4. The Balaban J connectivity index is 0.000000250. The quantitative estimate of drug-likeness (QED) is 0.0319. The molecule has 0 aliphatic carbocycles. The fraction of sp³-hybridized carbons (Fsp3) is 0.307. The average molecular weight is 1590 g/mol. The Bertz CT molecular complexity index is 5120. The van der Waals surface area contributed by atoms with Crippen molar-refractivity contribution in [2.75, 3.05) is 0 Å². The van der Waals surface area contributed by atoms with Gasteiger partial charge in [-0.25, -0.2) is 13.6 Å². The van der Waals surface area contributed by atoms with Crippen LogP contribution >= 0.6 is 23.2 Å². The number of halogens is 4. The van der Waals surface area contributed by atoms with Crippen LogP contribution in [0.3, 0.4) is 0 Å². The summed E-state index contributed by atoms with van der Waals surface area (Å²) < 4.78 is 42.2. The molecule has 0 spiro atoms. The van der Waals surface area contributed by atoms with Gasteiger partial charge in [0.2, 0.25) is 17.7 Å². The SMILES string of the molecule is C[C@H](N)C(=O)OC(C)(C)C.C[C@H](NC(=O)Cn1nc(C(N)=O)c2ccccc21)C(=O)CCc1cccc(Cl)c1F.C[C@H](NC(=O)Cn1nc(C(N)=O)c2ccccc21)C(=O)O.C[C@H](NC(=O)Cn1nc(C(N)=O)c2ccccc21)C(=O)OC(C)(C)C.NC(=O)c1nn(CC(=O)O)c2ccccc12.NCc1cccc(Cl)c1F. The van der Waals surface area contributed by atoms with Crippen LogP contribution in [-0.2, 0) is 87.0 Å². The molecule has 4 atom stereocenters. The van der Waals surface area contributed by atoms with Gasteiger partial charge in [0.1, 0.15) is 67.1 Å². The Morgan fingerprint density at radius 1 is 0.446 bits per heavy atom. The first kappa shape index (κ1) is 90.0. The number of nitrogens with zero attached hydrogens (tertiary/aromatic N) is 8. The lowest BCUT2D eigenvalue weighted by Crippen LogP contribution is -2.43. The number of fused-ring (bicyclic) bond motifs is 4. The molecule has 37 heteroatoms. The number of carboxylic acids is 2. The molecule has 0 aliphatic rings. The zero-order valence-corrected chi connectivity index (χ0v) is 64.1. The Morgan fingerprint density at radius 3 is 1.04 bits per heavy atom. The molecule has 33 nitrogen and oxygen atoms in total. The van der Waals surface area contributed by atoms with E-state index >= 15 is 0 Å². The van der Waals surface area contributed by atoms with E-state index in [0.717, 1.165) is 0 Å². The molecule has 0 radical (unpaired) electrons. The van der Waals surface area contributed by atoms with Gasteiger partial charge in [-0.05, 0) is 118 Å². The van der Waals surface area contributed by atoms with Crippen molar-refractivity contribution in [2.24, 2.45) is 34.4 Å². The van der Waals surface area contributed by atoms with Crippen molar-refractivity contribution < 1.29 is 86.0 Å².